The first kappa shape index (κ1) is 15.1. The molecule has 20 heavy (non-hydrogen) atoms. The van der Waals surface area contributed by atoms with Crippen LogP contribution < -0.4 is 0 Å². The molecule has 1 aromatic carbocycles. The minimum Gasteiger partial charge on any atom is -0.411 e. The summed E-state index contributed by atoms with van der Waals surface area (Å²) in [7, 11) is 0. The summed E-state index contributed by atoms with van der Waals surface area (Å²) in [5.74, 6) is -0.0880. The van der Waals surface area contributed by atoms with E-state index in [2.05, 4.69) is 5.16 Å². The summed E-state index contributed by atoms with van der Waals surface area (Å²) >= 11 is 12.1. The van der Waals surface area contributed by atoms with Crippen LogP contribution in [-0.2, 0) is 0 Å². The molecule has 1 atom stereocenters. The molecule has 0 spiro atoms. The van der Waals surface area contributed by atoms with Gasteiger partial charge in [0.1, 0.15) is 0 Å². The smallest absolute Gasteiger partial charge is 0.256 e. The van der Waals surface area contributed by atoms with Crippen LogP contribution in [0.25, 0.3) is 0 Å². The Balaban J connectivity index is 2.22. The molecule has 0 aromatic heterocycles. The number of carbonyl (C=O) groups excluding carboxylic acids is 1. The molecule has 0 radical (unpaired) electrons. The second kappa shape index (κ2) is 6.46. The summed E-state index contributed by atoms with van der Waals surface area (Å²) in [5.41, 5.74) is 1.09. The van der Waals surface area contributed by atoms with Crippen LogP contribution in [0.15, 0.2) is 23.4 Å². The van der Waals surface area contributed by atoms with Crippen molar-refractivity contribution in [3.63, 3.8) is 0 Å². The summed E-state index contributed by atoms with van der Waals surface area (Å²) in [5, 5.41) is 13.0. The molecule has 1 saturated heterocycles. The maximum atomic E-state index is 12.6. The predicted molar refractivity (Wildman–Crippen MR) is 80.0 cm³/mol. The first-order valence-electron chi connectivity index (χ1n) is 6.52. The van der Waals surface area contributed by atoms with E-state index in [1.807, 2.05) is 6.92 Å². The van der Waals surface area contributed by atoms with Crippen molar-refractivity contribution in [2.45, 2.75) is 19.8 Å². The summed E-state index contributed by atoms with van der Waals surface area (Å²) in [6.45, 7) is 3.04. The molecule has 2 rings (SSSR count). The van der Waals surface area contributed by atoms with E-state index in [4.69, 9.17) is 28.4 Å². The number of oxime groups is 1. The molecule has 6 heteroatoms. The van der Waals surface area contributed by atoms with E-state index in [1.54, 1.807) is 23.1 Å². The zero-order valence-electron chi connectivity index (χ0n) is 11.1. The average molecular weight is 315 g/mol. The zero-order valence-corrected chi connectivity index (χ0v) is 12.7. The SMILES string of the molecule is CCC1CN(C(=O)c2c(Cl)cccc2Cl)CC/C1=N\O. The number of rotatable bonds is 2. The van der Waals surface area contributed by atoms with Crippen LogP contribution in [0.1, 0.15) is 30.1 Å². The lowest BCUT2D eigenvalue weighted by Crippen LogP contribution is -2.44. The third-order valence-electron chi connectivity index (χ3n) is 3.63. The fraction of sp³-hybridized carbons (Fsp3) is 0.429. The summed E-state index contributed by atoms with van der Waals surface area (Å²) < 4.78 is 0. The highest BCUT2D eigenvalue weighted by Crippen LogP contribution is 2.27. The number of halogens is 2. The first-order valence-corrected chi connectivity index (χ1v) is 7.28. The van der Waals surface area contributed by atoms with E-state index in [1.165, 1.54) is 0 Å². The van der Waals surface area contributed by atoms with E-state index < -0.39 is 0 Å². The lowest BCUT2D eigenvalue weighted by Gasteiger charge is -2.33. The van der Waals surface area contributed by atoms with Gasteiger partial charge in [0.15, 0.2) is 0 Å². The monoisotopic (exact) mass is 314 g/mol. The molecule has 4 nitrogen and oxygen atoms in total. The fourth-order valence-corrected chi connectivity index (χ4v) is 3.02. The number of nitrogens with zero attached hydrogens (tertiary/aromatic N) is 2. The lowest BCUT2D eigenvalue weighted by atomic mass is 9.93. The van der Waals surface area contributed by atoms with Crippen LogP contribution >= 0.6 is 23.2 Å². The molecule has 1 N–H and O–H groups in total. The van der Waals surface area contributed by atoms with E-state index in [9.17, 15) is 4.79 Å². The maximum Gasteiger partial charge on any atom is 0.256 e. The molecule has 1 aromatic rings. The number of benzene rings is 1. The molecule has 1 unspecified atom stereocenters. The molecule has 0 saturated carbocycles. The van der Waals surface area contributed by atoms with Crippen molar-refractivity contribution in [1.29, 1.82) is 0 Å². The Hall–Kier alpha value is -1.26. The molecule has 0 aliphatic carbocycles. The Morgan fingerprint density at radius 2 is 2.10 bits per heavy atom. The molecule has 1 aliphatic heterocycles. The minimum absolute atomic E-state index is 0.0824. The topological polar surface area (TPSA) is 52.9 Å². The van der Waals surface area contributed by atoms with Gasteiger partial charge in [-0.05, 0) is 18.6 Å². The van der Waals surface area contributed by atoms with Crippen LogP contribution in [0.3, 0.4) is 0 Å². The summed E-state index contributed by atoms with van der Waals surface area (Å²) in [4.78, 5) is 14.3. The van der Waals surface area contributed by atoms with Crippen molar-refractivity contribution >= 4 is 34.8 Å². The zero-order chi connectivity index (χ0) is 14.7. The highest BCUT2D eigenvalue weighted by molar-refractivity contribution is 6.39. The molecule has 1 amide bonds. The minimum atomic E-state index is -0.170. The highest BCUT2D eigenvalue weighted by Gasteiger charge is 2.29. The van der Waals surface area contributed by atoms with E-state index in [-0.39, 0.29) is 11.8 Å². The van der Waals surface area contributed by atoms with Crippen molar-refractivity contribution in [3.8, 4) is 0 Å². The molecule has 0 bridgehead atoms. The number of likely N-dealkylation sites (tertiary alicyclic amines) is 1. The van der Waals surface area contributed by atoms with Crippen LogP contribution in [0.2, 0.25) is 10.0 Å². The Bertz CT molecular complexity index is 526. The van der Waals surface area contributed by atoms with Crippen molar-refractivity contribution < 1.29 is 10.0 Å². The van der Waals surface area contributed by atoms with Crippen molar-refractivity contribution in [2.24, 2.45) is 11.1 Å². The first-order chi connectivity index (χ1) is 9.58. The van der Waals surface area contributed by atoms with Gasteiger partial charge in [0, 0.05) is 25.4 Å². The molecule has 1 heterocycles. The van der Waals surface area contributed by atoms with Gasteiger partial charge in [-0.25, -0.2) is 0 Å². The third-order valence-corrected chi connectivity index (χ3v) is 4.26. The number of amides is 1. The van der Waals surface area contributed by atoms with Crippen LogP contribution in [-0.4, -0.2) is 34.8 Å². The standard InChI is InChI=1S/C14H16Cl2N2O2/c1-2-9-8-18(7-6-12(9)17-20)14(19)13-10(15)4-3-5-11(13)16/h3-5,9,20H,2,6-8H2,1H3/b17-12+. The van der Waals surface area contributed by atoms with Gasteiger partial charge in [0.25, 0.3) is 5.91 Å². The third kappa shape index (κ3) is 2.91. The Kier molecular flexibility index (Phi) is 4.89. The van der Waals surface area contributed by atoms with E-state index in [0.717, 1.165) is 12.1 Å². The van der Waals surface area contributed by atoms with Crippen molar-refractivity contribution in [3.05, 3.63) is 33.8 Å². The van der Waals surface area contributed by atoms with E-state index in [0.29, 0.717) is 35.1 Å². The van der Waals surface area contributed by atoms with Crippen LogP contribution in [0.5, 0.6) is 0 Å². The highest BCUT2D eigenvalue weighted by atomic mass is 35.5. The van der Waals surface area contributed by atoms with Gasteiger partial charge in [-0.1, -0.05) is 41.3 Å². The quantitative estimate of drug-likeness (QED) is 0.668. The number of piperidine rings is 1. The fourth-order valence-electron chi connectivity index (χ4n) is 2.46. The normalized spacial score (nSPS) is 21.2. The Labute approximate surface area is 128 Å². The average Bonchev–Trinajstić information content (AvgIpc) is 2.46. The van der Waals surface area contributed by atoms with Crippen molar-refractivity contribution in [2.75, 3.05) is 13.1 Å². The van der Waals surface area contributed by atoms with Gasteiger partial charge < -0.3 is 10.1 Å². The van der Waals surface area contributed by atoms with Gasteiger partial charge >= 0.3 is 0 Å². The van der Waals surface area contributed by atoms with Crippen LogP contribution in [0.4, 0.5) is 0 Å². The maximum absolute atomic E-state index is 12.6. The Morgan fingerprint density at radius 3 is 2.65 bits per heavy atom. The lowest BCUT2D eigenvalue weighted by molar-refractivity contribution is 0.0729. The molecule has 1 aliphatic rings. The molecule has 1 fully saturated rings. The Morgan fingerprint density at radius 1 is 1.45 bits per heavy atom. The predicted octanol–water partition coefficient (Wildman–Crippen LogP) is 3.70. The molecular formula is C14H16Cl2N2O2. The number of carbonyl (C=O) groups is 1. The van der Waals surface area contributed by atoms with Gasteiger partial charge in [-0.15, -0.1) is 0 Å². The molecular weight excluding hydrogens is 299 g/mol. The second-order valence-electron chi connectivity index (χ2n) is 4.79. The van der Waals surface area contributed by atoms with E-state index >= 15 is 0 Å². The number of hydrogen-bond donors (Lipinski definition) is 1. The van der Waals surface area contributed by atoms with Crippen molar-refractivity contribution in [1.82, 2.24) is 4.90 Å². The van der Waals surface area contributed by atoms with Gasteiger partial charge in [0.05, 0.1) is 21.3 Å². The van der Waals surface area contributed by atoms with Gasteiger partial charge in [0.2, 0.25) is 0 Å². The summed E-state index contributed by atoms with van der Waals surface area (Å²) in [6, 6.07) is 5.02. The van der Waals surface area contributed by atoms with Crippen LogP contribution in [0, 0.1) is 5.92 Å². The second-order valence-corrected chi connectivity index (χ2v) is 5.61. The number of hydrogen-bond acceptors (Lipinski definition) is 3. The summed E-state index contributed by atoms with van der Waals surface area (Å²) in [6.07, 6.45) is 1.39. The van der Waals surface area contributed by atoms with Gasteiger partial charge in [-0.3, -0.25) is 4.79 Å². The largest absolute Gasteiger partial charge is 0.411 e. The molecule has 108 valence electrons. The van der Waals surface area contributed by atoms with Gasteiger partial charge in [-0.2, -0.15) is 0 Å².